The van der Waals surface area contributed by atoms with Crippen LogP contribution in [0.1, 0.15) is 23.2 Å². The van der Waals surface area contributed by atoms with E-state index in [-0.39, 0.29) is 30.0 Å². The first kappa shape index (κ1) is 19.3. The number of aromatic hydroxyl groups is 1. The summed E-state index contributed by atoms with van der Waals surface area (Å²) in [5, 5.41) is 12.8. The van der Waals surface area contributed by atoms with E-state index in [1.54, 1.807) is 23.1 Å². The van der Waals surface area contributed by atoms with Gasteiger partial charge in [-0.3, -0.25) is 9.59 Å². The van der Waals surface area contributed by atoms with Crippen LogP contribution in [0, 0.1) is 0 Å². The van der Waals surface area contributed by atoms with Crippen molar-refractivity contribution in [1.29, 1.82) is 0 Å². The molecule has 0 saturated carbocycles. The van der Waals surface area contributed by atoms with Crippen LogP contribution in [0.4, 0.5) is 0 Å². The van der Waals surface area contributed by atoms with Crippen molar-refractivity contribution in [3.05, 3.63) is 29.8 Å². The van der Waals surface area contributed by atoms with E-state index in [9.17, 15) is 14.7 Å². The Balaban J connectivity index is 0.00000264. The van der Waals surface area contributed by atoms with Crippen molar-refractivity contribution in [2.45, 2.75) is 12.8 Å². The van der Waals surface area contributed by atoms with Crippen LogP contribution in [0.15, 0.2) is 24.3 Å². The zero-order valence-electron chi connectivity index (χ0n) is 13.3. The summed E-state index contributed by atoms with van der Waals surface area (Å²) in [6.07, 6.45) is 1.36. The number of nitrogens with zero attached hydrogens (tertiary/aromatic N) is 2. The average molecular weight is 342 g/mol. The Kier molecular flexibility index (Phi) is 7.85. The maximum atomic E-state index is 12.4. The minimum absolute atomic E-state index is 0. The number of amides is 2. The molecule has 1 saturated heterocycles. The summed E-state index contributed by atoms with van der Waals surface area (Å²) in [4.78, 5) is 27.9. The van der Waals surface area contributed by atoms with Crippen LogP contribution in [0.3, 0.4) is 0 Å². The molecule has 6 nitrogen and oxygen atoms in total. The second kappa shape index (κ2) is 9.37. The molecule has 0 aromatic heterocycles. The van der Waals surface area contributed by atoms with Gasteiger partial charge in [0.25, 0.3) is 5.91 Å². The molecule has 1 fully saturated rings. The highest BCUT2D eigenvalue weighted by Gasteiger charge is 2.25. The molecule has 0 bridgehead atoms. The second-order valence-corrected chi connectivity index (χ2v) is 5.40. The van der Waals surface area contributed by atoms with Gasteiger partial charge >= 0.3 is 0 Å². The molecule has 1 aromatic carbocycles. The number of piperazine rings is 1. The highest BCUT2D eigenvalue weighted by atomic mass is 35.5. The summed E-state index contributed by atoms with van der Waals surface area (Å²) in [7, 11) is 1.87. The van der Waals surface area contributed by atoms with Crippen molar-refractivity contribution >= 4 is 24.2 Å². The quantitative estimate of drug-likeness (QED) is 0.787. The highest BCUT2D eigenvalue weighted by molar-refractivity contribution is 5.97. The fourth-order valence-electron chi connectivity index (χ4n) is 2.56. The van der Waals surface area contributed by atoms with Crippen molar-refractivity contribution < 1.29 is 14.7 Å². The Morgan fingerprint density at radius 3 is 2.35 bits per heavy atom. The number of phenolic OH excluding ortho intramolecular Hbond substituents is 1. The van der Waals surface area contributed by atoms with Gasteiger partial charge in [-0.25, -0.2) is 0 Å². The lowest BCUT2D eigenvalue weighted by Gasteiger charge is -2.35. The minimum atomic E-state index is -0.180. The Morgan fingerprint density at radius 2 is 1.74 bits per heavy atom. The molecule has 7 heteroatoms. The molecule has 1 aliphatic heterocycles. The smallest absolute Gasteiger partial charge is 0.257 e. The monoisotopic (exact) mass is 341 g/mol. The molecule has 2 N–H and O–H groups in total. The van der Waals surface area contributed by atoms with E-state index >= 15 is 0 Å². The Labute approximate surface area is 142 Å². The maximum Gasteiger partial charge on any atom is 0.257 e. The van der Waals surface area contributed by atoms with Gasteiger partial charge in [0.15, 0.2) is 0 Å². The maximum absolute atomic E-state index is 12.4. The number of phenols is 1. The predicted molar refractivity (Wildman–Crippen MR) is 91.0 cm³/mol. The molecule has 0 aliphatic carbocycles. The number of carbonyl (C=O) groups excluding carboxylic acids is 2. The predicted octanol–water partition coefficient (Wildman–Crippen LogP) is 1.10. The van der Waals surface area contributed by atoms with E-state index in [2.05, 4.69) is 5.32 Å². The Bertz CT molecular complexity index is 531. The molecule has 0 unspecified atom stereocenters. The van der Waals surface area contributed by atoms with Crippen LogP contribution in [-0.4, -0.2) is 66.5 Å². The van der Waals surface area contributed by atoms with Crippen LogP contribution < -0.4 is 5.32 Å². The zero-order valence-corrected chi connectivity index (χ0v) is 14.1. The minimum Gasteiger partial charge on any atom is -0.507 e. The topological polar surface area (TPSA) is 72.9 Å². The van der Waals surface area contributed by atoms with E-state index in [4.69, 9.17) is 0 Å². The first-order valence-corrected chi connectivity index (χ1v) is 7.63. The van der Waals surface area contributed by atoms with Gasteiger partial charge in [0.1, 0.15) is 5.75 Å². The molecule has 0 spiro atoms. The third-order valence-corrected chi connectivity index (χ3v) is 3.87. The summed E-state index contributed by atoms with van der Waals surface area (Å²) in [6.45, 7) is 2.95. The number of para-hydroxylation sites is 1. The van der Waals surface area contributed by atoms with Gasteiger partial charge in [0, 0.05) is 32.6 Å². The fourth-order valence-corrected chi connectivity index (χ4v) is 2.56. The fraction of sp³-hybridized carbons (Fsp3) is 0.500. The summed E-state index contributed by atoms with van der Waals surface area (Å²) in [5.41, 5.74) is 0.316. The van der Waals surface area contributed by atoms with Gasteiger partial charge in [0.05, 0.1) is 5.56 Å². The molecular weight excluding hydrogens is 318 g/mol. The van der Waals surface area contributed by atoms with E-state index in [1.807, 2.05) is 11.9 Å². The molecule has 0 atom stereocenters. The third-order valence-electron chi connectivity index (χ3n) is 3.87. The molecule has 2 rings (SSSR count). The lowest BCUT2D eigenvalue weighted by molar-refractivity contribution is -0.132. The van der Waals surface area contributed by atoms with Crippen LogP contribution in [-0.2, 0) is 4.79 Å². The molecule has 23 heavy (non-hydrogen) atoms. The van der Waals surface area contributed by atoms with E-state index in [0.717, 1.165) is 13.0 Å². The van der Waals surface area contributed by atoms with Crippen LogP contribution >= 0.6 is 12.4 Å². The molecule has 1 aromatic rings. The molecule has 1 aliphatic rings. The highest BCUT2D eigenvalue weighted by Crippen LogP contribution is 2.18. The largest absolute Gasteiger partial charge is 0.507 e. The van der Waals surface area contributed by atoms with Crippen molar-refractivity contribution in [3.8, 4) is 5.75 Å². The van der Waals surface area contributed by atoms with Crippen LogP contribution in [0.25, 0.3) is 0 Å². The van der Waals surface area contributed by atoms with Crippen molar-refractivity contribution in [2.24, 2.45) is 0 Å². The third kappa shape index (κ3) is 5.11. The van der Waals surface area contributed by atoms with E-state index in [1.165, 1.54) is 6.07 Å². The second-order valence-electron chi connectivity index (χ2n) is 5.40. The first-order valence-electron chi connectivity index (χ1n) is 7.63. The number of benzene rings is 1. The van der Waals surface area contributed by atoms with E-state index < -0.39 is 0 Å². The first-order chi connectivity index (χ1) is 10.6. The van der Waals surface area contributed by atoms with Gasteiger partial charge < -0.3 is 20.2 Å². The van der Waals surface area contributed by atoms with Gasteiger partial charge in [-0.05, 0) is 32.1 Å². The number of hydrogen-bond donors (Lipinski definition) is 2. The summed E-state index contributed by atoms with van der Waals surface area (Å²) >= 11 is 0. The number of halogens is 1. The Morgan fingerprint density at radius 1 is 1.13 bits per heavy atom. The van der Waals surface area contributed by atoms with Gasteiger partial charge in [-0.15, -0.1) is 12.4 Å². The Hall–Kier alpha value is -1.79. The van der Waals surface area contributed by atoms with Crippen molar-refractivity contribution in [2.75, 3.05) is 39.8 Å². The van der Waals surface area contributed by atoms with Gasteiger partial charge in [-0.1, -0.05) is 12.1 Å². The molecule has 1 heterocycles. The zero-order chi connectivity index (χ0) is 15.9. The number of nitrogens with one attached hydrogen (secondary N) is 1. The summed E-state index contributed by atoms with van der Waals surface area (Å²) in [5.74, 6) is -0.0386. The SMILES string of the molecule is CNCCCC(=O)N1CCN(C(=O)c2ccccc2O)CC1.Cl. The molecule has 0 radical (unpaired) electrons. The van der Waals surface area contributed by atoms with Crippen LogP contribution in [0.5, 0.6) is 5.75 Å². The number of hydrogen-bond acceptors (Lipinski definition) is 4. The van der Waals surface area contributed by atoms with Crippen LogP contribution in [0.2, 0.25) is 0 Å². The lowest BCUT2D eigenvalue weighted by atomic mass is 10.1. The molecule has 128 valence electrons. The number of rotatable bonds is 5. The standard InChI is InChI=1S/C16H23N3O3.ClH/c1-17-8-4-7-15(21)18-9-11-19(12-10-18)16(22)13-5-2-3-6-14(13)20;/h2-3,5-6,17,20H,4,7-12H2,1H3;1H. The molecular formula is C16H24ClN3O3. The summed E-state index contributed by atoms with van der Waals surface area (Å²) < 4.78 is 0. The normalized spacial score (nSPS) is 14.3. The van der Waals surface area contributed by atoms with Crippen molar-refractivity contribution in [1.82, 2.24) is 15.1 Å². The van der Waals surface area contributed by atoms with Crippen molar-refractivity contribution in [3.63, 3.8) is 0 Å². The van der Waals surface area contributed by atoms with Gasteiger partial charge in [-0.2, -0.15) is 0 Å². The van der Waals surface area contributed by atoms with E-state index in [0.29, 0.717) is 38.2 Å². The molecule has 2 amide bonds. The lowest BCUT2D eigenvalue weighted by Crippen LogP contribution is -2.50. The van der Waals surface area contributed by atoms with Gasteiger partial charge in [0.2, 0.25) is 5.91 Å². The average Bonchev–Trinajstić information content (AvgIpc) is 2.55. The summed E-state index contributed by atoms with van der Waals surface area (Å²) in [6, 6.07) is 6.55. The number of carbonyl (C=O) groups is 2.